The number of hydrogen-bond donors (Lipinski definition) is 2. The van der Waals surface area contributed by atoms with E-state index in [1.165, 1.54) is 13.2 Å². The summed E-state index contributed by atoms with van der Waals surface area (Å²) in [6.07, 6.45) is 0. The monoisotopic (exact) mass is 267 g/mol. The number of nitrogens with one attached hydrogen (secondary N) is 2. The number of nitro groups is 1. The smallest absolute Gasteiger partial charge is 0.312 e. The molecule has 1 aromatic rings. The minimum atomic E-state index is -0.447. The van der Waals surface area contributed by atoms with Crippen LogP contribution in [0.5, 0.6) is 5.75 Å². The predicted octanol–water partition coefficient (Wildman–Crippen LogP) is 2.40. The minimum absolute atomic E-state index is 0.0312. The standard InChI is InChI=1S/C13H21N3O3/c1-13(2,3)15-8-7-14-10-5-6-12(19-4)11(9-10)16(17)18/h5-6,9,14-15H,7-8H2,1-4H3. The van der Waals surface area contributed by atoms with Crippen molar-refractivity contribution in [2.75, 3.05) is 25.5 Å². The summed E-state index contributed by atoms with van der Waals surface area (Å²) in [4.78, 5) is 10.4. The molecule has 0 aliphatic carbocycles. The number of benzene rings is 1. The lowest BCUT2D eigenvalue weighted by molar-refractivity contribution is -0.385. The highest BCUT2D eigenvalue weighted by Crippen LogP contribution is 2.29. The number of rotatable bonds is 6. The Balaban J connectivity index is 2.60. The molecule has 0 aliphatic heterocycles. The molecule has 0 aliphatic rings. The second-order valence-corrected chi connectivity index (χ2v) is 5.25. The van der Waals surface area contributed by atoms with E-state index in [-0.39, 0.29) is 17.0 Å². The van der Waals surface area contributed by atoms with E-state index >= 15 is 0 Å². The van der Waals surface area contributed by atoms with Gasteiger partial charge in [0.05, 0.1) is 12.0 Å². The molecule has 0 aromatic heterocycles. The minimum Gasteiger partial charge on any atom is -0.490 e. The molecule has 0 fully saturated rings. The van der Waals surface area contributed by atoms with Crippen LogP contribution >= 0.6 is 0 Å². The fourth-order valence-corrected chi connectivity index (χ4v) is 1.59. The Morgan fingerprint density at radius 2 is 2.00 bits per heavy atom. The molecule has 0 saturated carbocycles. The molecule has 106 valence electrons. The van der Waals surface area contributed by atoms with Gasteiger partial charge in [0, 0.05) is 30.4 Å². The first-order chi connectivity index (χ1) is 8.83. The third-order valence-electron chi connectivity index (χ3n) is 2.49. The normalized spacial score (nSPS) is 11.2. The summed E-state index contributed by atoms with van der Waals surface area (Å²) in [6.45, 7) is 7.74. The van der Waals surface area contributed by atoms with Crippen LogP contribution < -0.4 is 15.4 Å². The Hall–Kier alpha value is -1.82. The lowest BCUT2D eigenvalue weighted by atomic mass is 10.1. The maximum atomic E-state index is 10.9. The Labute approximate surface area is 113 Å². The van der Waals surface area contributed by atoms with Crippen LogP contribution in [-0.2, 0) is 0 Å². The number of nitro benzene ring substituents is 1. The number of nitrogens with zero attached hydrogens (tertiary/aromatic N) is 1. The SMILES string of the molecule is COc1ccc(NCCNC(C)(C)C)cc1[N+](=O)[O-]. The van der Waals surface area contributed by atoms with Gasteiger partial charge in [0.2, 0.25) is 0 Å². The highest BCUT2D eigenvalue weighted by molar-refractivity contribution is 5.58. The summed E-state index contributed by atoms with van der Waals surface area (Å²) in [5.74, 6) is 0.267. The van der Waals surface area contributed by atoms with Gasteiger partial charge in [-0.15, -0.1) is 0 Å². The third kappa shape index (κ3) is 5.13. The van der Waals surface area contributed by atoms with Crippen molar-refractivity contribution in [3.63, 3.8) is 0 Å². The maximum absolute atomic E-state index is 10.9. The van der Waals surface area contributed by atoms with Crippen molar-refractivity contribution in [1.29, 1.82) is 0 Å². The summed E-state index contributed by atoms with van der Waals surface area (Å²) >= 11 is 0. The molecule has 0 amide bonds. The van der Waals surface area contributed by atoms with Gasteiger partial charge in [-0.1, -0.05) is 0 Å². The zero-order chi connectivity index (χ0) is 14.5. The van der Waals surface area contributed by atoms with E-state index in [1.807, 2.05) is 0 Å². The van der Waals surface area contributed by atoms with Gasteiger partial charge in [0.25, 0.3) is 0 Å². The summed E-state index contributed by atoms with van der Waals surface area (Å²) in [5, 5.41) is 17.4. The number of anilines is 1. The van der Waals surface area contributed by atoms with Gasteiger partial charge in [0.15, 0.2) is 5.75 Å². The first-order valence-corrected chi connectivity index (χ1v) is 6.15. The molecule has 6 nitrogen and oxygen atoms in total. The second kappa shape index (κ2) is 6.38. The highest BCUT2D eigenvalue weighted by atomic mass is 16.6. The molecule has 1 rings (SSSR count). The van der Waals surface area contributed by atoms with Crippen LogP contribution in [0.1, 0.15) is 20.8 Å². The van der Waals surface area contributed by atoms with Crippen molar-refractivity contribution in [2.45, 2.75) is 26.3 Å². The lowest BCUT2D eigenvalue weighted by Gasteiger charge is -2.20. The average molecular weight is 267 g/mol. The predicted molar refractivity (Wildman–Crippen MR) is 75.9 cm³/mol. The van der Waals surface area contributed by atoms with Crippen LogP contribution in [0.15, 0.2) is 18.2 Å². The van der Waals surface area contributed by atoms with E-state index < -0.39 is 4.92 Å². The molecule has 2 N–H and O–H groups in total. The van der Waals surface area contributed by atoms with Crippen LogP contribution in [0.25, 0.3) is 0 Å². The van der Waals surface area contributed by atoms with Crippen molar-refractivity contribution in [1.82, 2.24) is 5.32 Å². The van der Waals surface area contributed by atoms with Gasteiger partial charge in [-0.2, -0.15) is 0 Å². The fraction of sp³-hybridized carbons (Fsp3) is 0.538. The van der Waals surface area contributed by atoms with Crippen molar-refractivity contribution in [3.05, 3.63) is 28.3 Å². The Kier molecular flexibility index (Phi) is 5.11. The molecule has 0 radical (unpaired) electrons. The van der Waals surface area contributed by atoms with Gasteiger partial charge < -0.3 is 15.4 Å². The van der Waals surface area contributed by atoms with Gasteiger partial charge in [0.1, 0.15) is 0 Å². The zero-order valence-corrected chi connectivity index (χ0v) is 11.8. The van der Waals surface area contributed by atoms with Crippen molar-refractivity contribution in [2.24, 2.45) is 0 Å². The van der Waals surface area contributed by atoms with E-state index in [0.717, 1.165) is 6.54 Å². The maximum Gasteiger partial charge on any atom is 0.312 e. The first kappa shape index (κ1) is 15.2. The van der Waals surface area contributed by atoms with Gasteiger partial charge in [-0.05, 0) is 32.9 Å². The van der Waals surface area contributed by atoms with Crippen LogP contribution in [0.3, 0.4) is 0 Å². The van der Waals surface area contributed by atoms with Crippen LogP contribution in [0, 0.1) is 10.1 Å². The summed E-state index contributed by atoms with van der Waals surface area (Å²) in [5.41, 5.74) is 0.743. The molecule has 0 bridgehead atoms. The number of ether oxygens (including phenoxy) is 1. The van der Waals surface area contributed by atoms with E-state index in [9.17, 15) is 10.1 Å². The molecule has 19 heavy (non-hydrogen) atoms. The Morgan fingerprint density at radius 3 is 2.53 bits per heavy atom. The lowest BCUT2D eigenvalue weighted by Crippen LogP contribution is -2.38. The van der Waals surface area contributed by atoms with Crippen LogP contribution in [-0.4, -0.2) is 30.7 Å². The molecule has 0 spiro atoms. The Morgan fingerprint density at radius 1 is 1.32 bits per heavy atom. The van der Waals surface area contributed by atoms with E-state index in [4.69, 9.17) is 4.74 Å². The Bertz CT molecular complexity index is 441. The van der Waals surface area contributed by atoms with Crippen LogP contribution in [0.2, 0.25) is 0 Å². The molecular weight excluding hydrogens is 246 g/mol. The fourth-order valence-electron chi connectivity index (χ4n) is 1.59. The van der Waals surface area contributed by atoms with Crippen molar-refractivity contribution >= 4 is 11.4 Å². The van der Waals surface area contributed by atoms with Gasteiger partial charge in [-0.3, -0.25) is 10.1 Å². The van der Waals surface area contributed by atoms with Gasteiger partial charge in [-0.25, -0.2) is 0 Å². The van der Waals surface area contributed by atoms with E-state index in [0.29, 0.717) is 12.2 Å². The molecular formula is C13H21N3O3. The molecule has 0 atom stereocenters. The number of methoxy groups -OCH3 is 1. The van der Waals surface area contributed by atoms with Crippen LogP contribution in [0.4, 0.5) is 11.4 Å². The summed E-state index contributed by atoms with van der Waals surface area (Å²) in [6, 6.07) is 4.84. The molecule has 0 unspecified atom stereocenters. The third-order valence-corrected chi connectivity index (χ3v) is 2.49. The van der Waals surface area contributed by atoms with Gasteiger partial charge >= 0.3 is 5.69 Å². The van der Waals surface area contributed by atoms with E-state index in [2.05, 4.69) is 31.4 Å². The summed E-state index contributed by atoms with van der Waals surface area (Å²) in [7, 11) is 1.42. The zero-order valence-electron chi connectivity index (χ0n) is 11.8. The van der Waals surface area contributed by atoms with E-state index in [1.54, 1.807) is 12.1 Å². The van der Waals surface area contributed by atoms with Crippen molar-refractivity contribution in [3.8, 4) is 5.75 Å². The largest absolute Gasteiger partial charge is 0.490 e. The molecule has 0 saturated heterocycles. The topological polar surface area (TPSA) is 76.4 Å². The van der Waals surface area contributed by atoms with Crippen molar-refractivity contribution < 1.29 is 9.66 Å². The molecule has 1 aromatic carbocycles. The quantitative estimate of drug-likeness (QED) is 0.470. The second-order valence-electron chi connectivity index (χ2n) is 5.25. The highest BCUT2D eigenvalue weighted by Gasteiger charge is 2.15. The summed E-state index contributed by atoms with van der Waals surface area (Å²) < 4.78 is 4.95. The first-order valence-electron chi connectivity index (χ1n) is 6.15. The number of hydrogen-bond acceptors (Lipinski definition) is 5. The molecule has 6 heteroatoms. The molecule has 0 heterocycles. The average Bonchev–Trinajstić information content (AvgIpc) is 2.33.